The molecule has 3 rings (SSSR count). The molecule has 0 aliphatic carbocycles. The van der Waals surface area contributed by atoms with E-state index < -0.39 is 0 Å². The van der Waals surface area contributed by atoms with Crippen molar-refractivity contribution < 1.29 is 23.5 Å². The van der Waals surface area contributed by atoms with Gasteiger partial charge in [0, 0.05) is 18.0 Å². The molecule has 26 heavy (non-hydrogen) atoms. The minimum Gasteiger partial charge on any atom is -0.376 e. The summed E-state index contributed by atoms with van der Waals surface area (Å²) in [5, 5.41) is 2.88. The summed E-state index contributed by atoms with van der Waals surface area (Å²) in [5.41, 5.74) is 0.553. The van der Waals surface area contributed by atoms with Crippen LogP contribution in [0.3, 0.4) is 0 Å². The van der Waals surface area contributed by atoms with Gasteiger partial charge in [0.15, 0.2) is 5.78 Å². The maximum atomic E-state index is 13.0. The van der Waals surface area contributed by atoms with Gasteiger partial charge >= 0.3 is 0 Å². The van der Waals surface area contributed by atoms with Crippen molar-refractivity contribution in [1.82, 2.24) is 10.2 Å². The van der Waals surface area contributed by atoms with Gasteiger partial charge in [-0.1, -0.05) is 0 Å². The molecule has 1 amide bonds. The molecule has 2 heterocycles. The Bertz CT molecular complexity index is 608. The first-order chi connectivity index (χ1) is 12.6. The Morgan fingerprint density at radius 1 is 1.15 bits per heavy atom. The zero-order valence-corrected chi connectivity index (χ0v) is 14.8. The first kappa shape index (κ1) is 18.9. The topological polar surface area (TPSA) is 67.9 Å². The second-order valence-electron chi connectivity index (χ2n) is 6.79. The lowest BCUT2D eigenvalue weighted by atomic mass is 9.89. The molecule has 1 aromatic rings. The number of rotatable bonds is 6. The van der Waals surface area contributed by atoms with Crippen LogP contribution >= 0.6 is 0 Å². The first-order valence-electron chi connectivity index (χ1n) is 9.10. The van der Waals surface area contributed by atoms with E-state index in [4.69, 9.17) is 9.47 Å². The summed E-state index contributed by atoms with van der Waals surface area (Å²) < 4.78 is 23.8. The van der Waals surface area contributed by atoms with Crippen molar-refractivity contribution in [3.05, 3.63) is 35.6 Å². The number of hydrogen-bond donors (Lipinski definition) is 1. The van der Waals surface area contributed by atoms with Crippen molar-refractivity contribution in [1.29, 1.82) is 0 Å². The van der Waals surface area contributed by atoms with Gasteiger partial charge in [-0.25, -0.2) is 4.39 Å². The third kappa shape index (κ3) is 5.33. The molecule has 0 radical (unpaired) electrons. The lowest BCUT2D eigenvalue weighted by Crippen LogP contribution is -2.45. The molecular formula is C19H25FN2O4. The van der Waals surface area contributed by atoms with Crippen molar-refractivity contribution in [2.24, 2.45) is 5.92 Å². The summed E-state index contributed by atoms with van der Waals surface area (Å²) in [6.45, 7) is 3.87. The Labute approximate surface area is 152 Å². The van der Waals surface area contributed by atoms with Crippen molar-refractivity contribution in [2.45, 2.75) is 18.9 Å². The molecule has 1 N–H and O–H groups in total. The second-order valence-corrected chi connectivity index (χ2v) is 6.79. The van der Waals surface area contributed by atoms with Gasteiger partial charge in [-0.3, -0.25) is 14.5 Å². The smallest absolute Gasteiger partial charge is 0.234 e. The zero-order chi connectivity index (χ0) is 18.4. The van der Waals surface area contributed by atoms with Crippen LogP contribution in [0.2, 0.25) is 0 Å². The third-order valence-electron chi connectivity index (χ3n) is 4.87. The number of ketones is 1. The SMILES string of the molecule is O=C(CN1CCC(C(=O)c2ccc(F)cc2)CC1)NC[C@H]1COCCO1. The predicted molar refractivity (Wildman–Crippen MR) is 93.5 cm³/mol. The summed E-state index contributed by atoms with van der Waals surface area (Å²) in [5.74, 6) is -0.383. The number of hydrogen-bond acceptors (Lipinski definition) is 5. The van der Waals surface area contributed by atoms with E-state index in [0.717, 1.165) is 0 Å². The zero-order valence-electron chi connectivity index (χ0n) is 14.8. The molecule has 7 heteroatoms. The monoisotopic (exact) mass is 364 g/mol. The minimum atomic E-state index is -0.340. The van der Waals surface area contributed by atoms with Gasteiger partial charge in [0.1, 0.15) is 5.82 Å². The van der Waals surface area contributed by atoms with E-state index in [1.807, 2.05) is 0 Å². The van der Waals surface area contributed by atoms with Gasteiger partial charge in [0.25, 0.3) is 0 Å². The predicted octanol–water partition coefficient (Wildman–Crippen LogP) is 1.25. The van der Waals surface area contributed by atoms with Crippen molar-refractivity contribution >= 4 is 11.7 Å². The quantitative estimate of drug-likeness (QED) is 0.770. The minimum absolute atomic E-state index is 0.0394. The summed E-state index contributed by atoms with van der Waals surface area (Å²) in [4.78, 5) is 26.6. The van der Waals surface area contributed by atoms with Crippen LogP contribution in [0.25, 0.3) is 0 Å². The van der Waals surface area contributed by atoms with Crippen LogP contribution in [-0.2, 0) is 14.3 Å². The van der Waals surface area contributed by atoms with E-state index in [1.165, 1.54) is 24.3 Å². The molecule has 142 valence electrons. The lowest BCUT2D eigenvalue weighted by molar-refractivity contribution is -0.125. The molecular weight excluding hydrogens is 339 g/mol. The van der Waals surface area contributed by atoms with E-state index in [9.17, 15) is 14.0 Å². The number of carbonyl (C=O) groups excluding carboxylic acids is 2. The maximum absolute atomic E-state index is 13.0. The highest BCUT2D eigenvalue weighted by atomic mass is 19.1. The van der Waals surface area contributed by atoms with E-state index in [2.05, 4.69) is 10.2 Å². The molecule has 2 aliphatic rings. The molecule has 0 spiro atoms. The van der Waals surface area contributed by atoms with E-state index in [1.54, 1.807) is 0 Å². The summed E-state index contributed by atoms with van der Waals surface area (Å²) >= 11 is 0. The average molecular weight is 364 g/mol. The Balaban J connectivity index is 1.38. The largest absolute Gasteiger partial charge is 0.376 e. The molecule has 2 aliphatic heterocycles. The maximum Gasteiger partial charge on any atom is 0.234 e. The normalized spacial score (nSPS) is 22.1. The van der Waals surface area contributed by atoms with Crippen LogP contribution in [0, 0.1) is 11.7 Å². The van der Waals surface area contributed by atoms with Crippen molar-refractivity contribution in [3.63, 3.8) is 0 Å². The number of halogens is 1. The van der Waals surface area contributed by atoms with Crippen LogP contribution < -0.4 is 5.32 Å². The Hall–Kier alpha value is -1.83. The highest BCUT2D eigenvalue weighted by Crippen LogP contribution is 2.21. The van der Waals surface area contributed by atoms with Crippen LogP contribution in [0.1, 0.15) is 23.2 Å². The fourth-order valence-corrected chi connectivity index (χ4v) is 3.34. The second kappa shape index (κ2) is 9.21. The van der Waals surface area contributed by atoms with Gasteiger partial charge in [0.2, 0.25) is 5.91 Å². The van der Waals surface area contributed by atoms with Crippen molar-refractivity contribution in [2.75, 3.05) is 46.0 Å². The first-order valence-corrected chi connectivity index (χ1v) is 9.10. The van der Waals surface area contributed by atoms with Gasteiger partial charge in [0.05, 0.1) is 32.5 Å². The number of piperidine rings is 1. The number of benzene rings is 1. The molecule has 2 saturated heterocycles. The van der Waals surface area contributed by atoms with Gasteiger partial charge in [-0.2, -0.15) is 0 Å². The molecule has 2 fully saturated rings. The highest BCUT2D eigenvalue weighted by Gasteiger charge is 2.26. The number of Topliss-reactive ketones (excluding diaryl/α,β-unsaturated/α-hetero) is 1. The number of carbonyl (C=O) groups is 2. The van der Waals surface area contributed by atoms with Crippen molar-refractivity contribution in [3.8, 4) is 0 Å². The van der Waals surface area contributed by atoms with Gasteiger partial charge in [-0.05, 0) is 50.2 Å². The van der Waals surface area contributed by atoms with Crippen LogP contribution in [0.4, 0.5) is 4.39 Å². The van der Waals surface area contributed by atoms with E-state index in [0.29, 0.717) is 64.4 Å². The highest BCUT2D eigenvalue weighted by molar-refractivity contribution is 5.97. The molecule has 1 aromatic carbocycles. The van der Waals surface area contributed by atoms with Gasteiger partial charge in [-0.15, -0.1) is 0 Å². The van der Waals surface area contributed by atoms with Crippen LogP contribution in [0.15, 0.2) is 24.3 Å². The Morgan fingerprint density at radius 2 is 1.88 bits per heavy atom. The third-order valence-corrected chi connectivity index (χ3v) is 4.87. The molecule has 0 unspecified atom stereocenters. The Morgan fingerprint density at radius 3 is 2.54 bits per heavy atom. The standard InChI is InChI=1S/C19H25FN2O4/c20-16-3-1-14(2-4-16)19(24)15-5-7-22(8-6-15)12-18(23)21-11-17-13-25-9-10-26-17/h1-4,15,17H,5-13H2,(H,21,23)/t17-/m0/s1. The van der Waals surface area contributed by atoms with Crippen LogP contribution in [-0.4, -0.2) is 68.7 Å². The summed E-state index contributed by atoms with van der Waals surface area (Å²) in [6.07, 6.45) is 1.35. The molecule has 0 saturated carbocycles. The number of nitrogens with one attached hydrogen (secondary N) is 1. The fraction of sp³-hybridized carbons (Fsp3) is 0.579. The van der Waals surface area contributed by atoms with E-state index in [-0.39, 0.29) is 29.5 Å². The van der Waals surface area contributed by atoms with Crippen LogP contribution in [0.5, 0.6) is 0 Å². The average Bonchev–Trinajstić information content (AvgIpc) is 2.68. The number of amides is 1. The number of likely N-dealkylation sites (tertiary alicyclic amines) is 1. The Kier molecular flexibility index (Phi) is 6.71. The summed E-state index contributed by atoms with van der Waals surface area (Å²) in [6, 6.07) is 5.70. The molecule has 0 bridgehead atoms. The number of nitrogens with zero attached hydrogens (tertiary/aromatic N) is 1. The van der Waals surface area contributed by atoms with E-state index >= 15 is 0 Å². The molecule has 6 nitrogen and oxygen atoms in total. The lowest BCUT2D eigenvalue weighted by Gasteiger charge is -2.31. The molecule has 1 atom stereocenters. The number of ether oxygens (including phenoxy) is 2. The fourth-order valence-electron chi connectivity index (χ4n) is 3.34. The van der Waals surface area contributed by atoms with Gasteiger partial charge < -0.3 is 14.8 Å². The molecule has 0 aromatic heterocycles. The summed E-state index contributed by atoms with van der Waals surface area (Å²) in [7, 11) is 0.